The highest BCUT2D eigenvalue weighted by Crippen LogP contribution is 2.26. The van der Waals surface area contributed by atoms with Gasteiger partial charge >= 0.3 is 0 Å². The second kappa shape index (κ2) is 6.18. The van der Waals surface area contributed by atoms with Gasteiger partial charge in [-0.15, -0.1) is 0 Å². The minimum Gasteiger partial charge on any atom is -0.388 e. The predicted octanol–water partition coefficient (Wildman–Crippen LogP) is 2.38. The summed E-state index contributed by atoms with van der Waals surface area (Å²) in [4.78, 5) is 23.3. The second-order valence-corrected chi connectivity index (χ2v) is 5.42. The number of nitrogens with one attached hydrogen (secondary N) is 2. The average Bonchev–Trinajstić information content (AvgIpc) is 2.86. The van der Waals surface area contributed by atoms with Crippen LogP contribution in [0.4, 0.5) is 15.8 Å². The summed E-state index contributed by atoms with van der Waals surface area (Å²) in [6.45, 7) is 0. The maximum absolute atomic E-state index is 13.1. The van der Waals surface area contributed by atoms with Gasteiger partial charge in [0, 0.05) is 11.4 Å². The highest BCUT2D eigenvalue weighted by molar-refractivity contribution is 6.00. The molecule has 1 atom stereocenters. The number of hydrogen-bond acceptors (Lipinski definition) is 3. The third-order valence-electron chi connectivity index (χ3n) is 3.63. The molecule has 3 rings (SSSR count). The van der Waals surface area contributed by atoms with Gasteiger partial charge in [-0.2, -0.15) is 0 Å². The van der Waals surface area contributed by atoms with E-state index >= 15 is 0 Å². The molecule has 1 aliphatic rings. The maximum Gasteiger partial charge on any atom is 0.228 e. The van der Waals surface area contributed by atoms with Crippen molar-refractivity contribution in [2.24, 2.45) is 0 Å². The number of fused-ring (bicyclic) bond motifs is 1. The first kappa shape index (κ1) is 15.2. The summed E-state index contributed by atoms with van der Waals surface area (Å²) >= 11 is 0. The smallest absolute Gasteiger partial charge is 0.228 e. The number of hydrogen-bond donors (Lipinski definition) is 3. The lowest BCUT2D eigenvalue weighted by atomic mass is 10.1. The molecule has 0 saturated heterocycles. The van der Waals surface area contributed by atoms with Crippen LogP contribution in [0.15, 0.2) is 42.5 Å². The summed E-state index contributed by atoms with van der Waals surface area (Å²) in [5, 5.41) is 15.4. The minimum atomic E-state index is -1.08. The second-order valence-electron chi connectivity index (χ2n) is 5.42. The summed E-state index contributed by atoms with van der Waals surface area (Å²) in [5.74, 6) is -0.929. The Kier molecular flexibility index (Phi) is 4.08. The molecule has 2 amide bonds. The highest BCUT2D eigenvalue weighted by atomic mass is 19.1. The average molecular weight is 314 g/mol. The molecule has 0 fully saturated rings. The number of aliphatic hydroxyl groups excluding tert-OH is 1. The van der Waals surface area contributed by atoms with Crippen molar-refractivity contribution in [3.63, 3.8) is 0 Å². The van der Waals surface area contributed by atoms with Gasteiger partial charge in [0.05, 0.1) is 18.9 Å². The van der Waals surface area contributed by atoms with Crippen molar-refractivity contribution in [2.45, 2.75) is 18.9 Å². The molecule has 5 nitrogen and oxygen atoms in total. The summed E-state index contributed by atoms with van der Waals surface area (Å²) < 4.78 is 13.1. The van der Waals surface area contributed by atoms with Crippen LogP contribution in [0.3, 0.4) is 0 Å². The van der Waals surface area contributed by atoms with Gasteiger partial charge in [0.15, 0.2) is 0 Å². The van der Waals surface area contributed by atoms with Crippen LogP contribution in [0.5, 0.6) is 0 Å². The van der Waals surface area contributed by atoms with E-state index in [4.69, 9.17) is 0 Å². The van der Waals surface area contributed by atoms with Gasteiger partial charge in [-0.25, -0.2) is 4.39 Å². The van der Waals surface area contributed by atoms with Crippen molar-refractivity contribution in [3.05, 3.63) is 59.4 Å². The number of aliphatic hydroxyl groups is 1. The van der Waals surface area contributed by atoms with Gasteiger partial charge < -0.3 is 15.7 Å². The molecule has 6 heteroatoms. The Balaban J connectivity index is 1.64. The molecule has 0 bridgehead atoms. The predicted molar refractivity (Wildman–Crippen MR) is 83.4 cm³/mol. The van der Waals surface area contributed by atoms with Crippen molar-refractivity contribution in [1.82, 2.24) is 0 Å². The zero-order chi connectivity index (χ0) is 16.4. The Bertz CT molecular complexity index is 776. The van der Waals surface area contributed by atoms with Gasteiger partial charge in [-0.3, -0.25) is 9.59 Å². The van der Waals surface area contributed by atoms with Gasteiger partial charge in [0.1, 0.15) is 5.82 Å². The van der Waals surface area contributed by atoms with E-state index in [0.29, 0.717) is 11.3 Å². The number of benzene rings is 2. The number of carbonyl (C=O) groups is 2. The normalized spacial score (nSPS) is 14.1. The molecular weight excluding hydrogens is 299 g/mol. The number of amides is 2. The molecule has 2 aromatic rings. The van der Waals surface area contributed by atoms with E-state index < -0.39 is 11.9 Å². The van der Waals surface area contributed by atoms with Crippen LogP contribution in [-0.2, 0) is 16.0 Å². The van der Waals surface area contributed by atoms with Crippen molar-refractivity contribution >= 4 is 23.2 Å². The van der Waals surface area contributed by atoms with Crippen LogP contribution in [0.2, 0.25) is 0 Å². The van der Waals surface area contributed by atoms with Crippen molar-refractivity contribution in [2.75, 3.05) is 10.6 Å². The molecule has 1 heterocycles. The van der Waals surface area contributed by atoms with E-state index in [9.17, 15) is 19.1 Å². The lowest BCUT2D eigenvalue weighted by molar-refractivity contribution is -0.118. The maximum atomic E-state index is 13.1. The molecular formula is C17H15FN2O3. The first-order valence-electron chi connectivity index (χ1n) is 7.17. The third-order valence-corrected chi connectivity index (χ3v) is 3.63. The fraction of sp³-hybridized carbons (Fsp3) is 0.176. The largest absolute Gasteiger partial charge is 0.388 e. The molecule has 0 saturated carbocycles. The standard InChI is InChI=1S/C17H15FN2O3/c18-12-3-1-2-10(6-12)15(21)9-17(23)19-13-4-5-14-11(7-13)8-16(22)20-14/h1-7,15,21H,8-9H2,(H,19,23)(H,20,22). The molecule has 118 valence electrons. The Morgan fingerprint density at radius 3 is 2.91 bits per heavy atom. The van der Waals surface area contributed by atoms with Crippen LogP contribution in [0.1, 0.15) is 23.7 Å². The SMILES string of the molecule is O=C(CC(O)c1cccc(F)c1)Nc1ccc2c(c1)CC(=O)N2. The molecule has 23 heavy (non-hydrogen) atoms. The third kappa shape index (κ3) is 3.54. The lowest BCUT2D eigenvalue weighted by Gasteiger charge is -2.12. The molecule has 0 spiro atoms. The number of anilines is 2. The summed E-state index contributed by atoms with van der Waals surface area (Å²) in [5.41, 5.74) is 2.46. The summed E-state index contributed by atoms with van der Waals surface area (Å²) in [6.07, 6.45) is -0.980. The molecule has 0 aliphatic carbocycles. The van der Waals surface area contributed by atoms with Crippen LogP contribution < -0.4 is 10.6 Å². The topological polar surface area (TPSA) is 78.4 Å². The van der Waals surface area contributed by atoms with E-state index in [1.54, 1.807) is 24.3 Å². The van der Waals surface area contributed by atoms with Gasteiger partial charge in [-0.1, -0.05) is 12.1 Å². The van der Waals surface area contributed by atoms with E-state index in [-0.39, 0.29) is 24.7 Å². The zero-order valence-electron chi connectivity index (χ0n) is 12.2. The molecule has 0 radical (unpaired) electrons. The Morgan fingerprint density at radius 2 is 2.13 bits per heavy atom. The van der Waals surface area contributed by atoms with E-state index in [0.717, 1.165) is 11.3 Å². The first-order chi connectivity index (χ1) is 11.0. The summed E-state index contributed by atoms with van der Waals surface area (Å²) in [6, 6.07) is 10.6. The molecule has 3 N–H and O–H groups in total. The Hall–Kier alpha value is -2.73. The van der Waals surface area contributed by atoms with Crippen molar-refractivity contribution in [3.8, 4) is 0 Å². The Morgan fingerprint density at radius 1 is 1.30 bits per heavy atom. The van der Waals surface area contributed by atoms with Crippen LogP contribution in [-0.4, -0.2) is 16.9 Å². The minimum absolute atomic E-state index is 0.0787. The monoisotopic (exact) mass is 314 g/mol. The molecule has 0 aromatic heterocycles. The van der Waals surface area contributed by atoms with Crippen molar-refractivity contribution in [1.29, 1.82) is 0 Å². The van der Waals surface area contributed by atoms with E-state index in [1.165, 1.54) is 18.2 Å². The number of rotatable bonds is 4. The molecule has 2 aromatic carbocycles. The van der Waals surface area contributed by atoms with Crippen LogP contribution in [0, 0.1) is 5.82 Å². The fourth-order valence-electron chi connectivity index (χ4n) is 2.53. The quantitative estimate of drug-likeness (QED) is 0.811. The first-order valence-corrected chi connectivity index (χ1v) is 7.17. The van der Waals surface area contributed by atoms with Gasteiger partial charge in [0.25, 0.3) is 0 Å². The van der Waals surface area contributed by atoms with Gasteiger partial charge in [0.2, 0.25) is 11.8 Å². The summed E-state index contributed by atoms with van der Waals surface area (Å²) in [7, 11) is 0. The van der Waals surface area contributed by atoms with Crippen LogP contribution >= 0.6 is 0 Å². The van der Waals surface area contributed by atoms with E-state index in [1.807, 2.05) is 0 Å². The lowest BCUT2D eigenvalue weighted by Crippen LogP contribution is -2.15. The van der Waals surface area contributed by atoms with E-state index in [2.05, 4.69) is 10.6 Å². The molecule has 1 unspecified atom stereocenters. The van der Waals surface area contributed by atoms with Crippen LogP contribution in [0.25, 0.3) is 0 Å². The highest BCUT2D eigenvalue weighted by Gasteiger charge is 2.18. The number of carbonyl (C=O) groups excluding carboxylic acids is 2. The molecule has 1 aliphatic heterocycles. The Labute approximate surface area is 132 Å². The number of halogens is 1. The fourth-order valence-corrected chi connectivity index (χ4v) is 2.53. The van der Waals surface area contributed by atoms with Gasteiger partial charge in [-0.05, 0) is 41.5 Å². The zero-order valence-corrected chi connectivity index (χ0v) is 12.2. The van der Waals surface area contributed by atoms with Crippen molar-refractivity contribution < 1.29 is 19.1 Å².